The van der Waals surface area contributed by atoms with Gasteiger partial charge in [0.05, 0.1) is 0 Å². The molecule has 1 heteroatoms. The Morgan fingerprint density at radius 2 is 1.72 bits per heavy atom. The molecule has 0 aromatic heterocycles. The van der Waals surface area contributed by atoms with Crippen LogP contribution < -0.4 is 5.32 Å². The summed E-state index contributed by atoms with van der Waals surface area (Å²) >= 11 is 0. The van der Waals surface area contributed by atoms with Crippen molar-refractivity contribution in [1.82, 2.24) is 5.32 Å². The summed E-state index contributed by atoms with van der Waals surface area (Å²) in [6, 6.07) is 11.2. The second-order valence-electron chi connectivity index (χ2n) is 11.1. The van der Waals surface area contributed by atoms with Crippen LogP contribution in [0.25, 0.3) is 5.57 Å². The molecule has 0 fully saturated rings. The first-order valence-electron chi connectivity index (χ1n) is 14.7. The van der Waals surface area contributed by atoms with Gasteiger partial charge in [0.15, 0.2) is 0 Å². The number of hydrogen-bond acceptors (Lipinski definition) is 1. The first kappa shape index (κ1) is 34.0. The van der Waals surface area contributed by atoms with Gasteiger partial charge < -0.3 is 5.32 Å². The molecule has 0 spiro atoms. The number of fused-ring (bicyclic) bond motifs is 1. The second-order valence-corrected chi connectivity index (χ2v) is 11.1. The maximum atomic E-state index is 4.11. The third kappa shape index (κ3) is 10.6. The lowest BCUT2D eigenvalue weighted by Gasteiger charge is -2.14. The van der Waals surface area contributed by atoms with Gasteiger partial charge in [-0.2, -0.15) is 0 Å². The van der Waals surface area contributed by atoms with Crippen LogP contribution in [0.2, 0.25) is 0 Å². The maximum Gasteiger partial charge on any atom is 0.00277 e. The van der Waals surface area contributed by atoms with Crippen LogP contribution in [-0.2, 0) is 19.3 Å². The van der Waals surface area contributed by atoms with Crippen LogP contribution in [0.1, 0.15) is 106 Å². The topological polar surface area (TPSA) is 12.0 Å². The molecule has 1 aliphatic carbocycles. The minimum absolute atomic E-state index is 0.566. The monoisotopic (exact) mass is 525 g/mol. The van der Waals surface area contributed by atoms with Crippen LogP contribution in [-0.4, -0.2) is 7.05 Å². The summed E-state index contributed by atoms with van der Waals surface area (Å²) in [5, 5.41) is 2.98. The number of hydrogen-bond donors (Lipinski definition) is 1. The third-order valence-corrected chi connectivity index (χ3v) is 7.20. The van der Waals surface area contributed by atoms with E-state index in [2.05, 4.69) is 117 Å². The van der Waals surface area contributed by atoms with Gasteiger partial charge in [-0.1, -0.05) is 113 Å². The lowest BCUT2D eigenvalue weighted by Crippen LogP contribution is -1.98. The van der Waals surface area contributed by atoms with Crippen molar-refractivity contribution in [1.29, 1.82) is 0 Å². The summed E-state index contributed by atoms with van der Waals surface area (Å²) in [6.07, 6.45) is 13.7. The van der Waals surface area contributed by atoms with Crippen LogP contribution in [0.3, 0.4) is 0 Å². The Hall–Kier alpha value is -3.06. The van der Waals surface area contributed by atoms with Crippen LogP contribution in [0.4, 0.5) is 0 Å². The Morgan fingerprint density at radius 1 is 1.05 bits per heavy atom. The molecule has 0 radical (unpaired) electrons. The molecule has 39 heavy (non-hydrogen) atoms. The van der Waals surface area contributed by atoms with Crippen molar-refractivity contribution < 1.29 is 0 Å². The first-order valence-corrected chi connectivity index (χ1v) is 14.7. The standard InChI is InChI=1S/C20H26.C15H21N.C3H8/c1-7-15(8-2)17-10-18-9-16(13(3)4)11-19(14(5)6)20(18)12-17;1-12(7-6-10-16-4)11-15-9-5-8-13(2)14(15)3;1-3-2/h7,9,11,14H,1,3,8,10,12H2,2,4-6H3;5-10,16H,11H2,1-4H3;3H2,1-2H3/b17-15+;10-6-,12-7+;. The molecule has 2 aromatic carbocycles. The van der Waals surface area contributed by atoms with Crippen molar-refractivity contribution in [2.75, 3.05) is 7.05 Å². The zero-order valence-corrected chi connectivity index (χ0v) is 26.7. The second kappa shape index (κ2) is 17.5. The van der Waals surface area contributed by atoms with E-state index in [1.54, 1.807) is 11.1 Å². The fourth-order valence-electron chi connectivity index (χ4n) is 4.83. The van der Waals surface area contributed by atoms with Gasteiger partial charge in [-0.3, -0.25) is 0 Å². The highest BCUT2D eigenvalue weighted by atomic mass is 14.8. The van der Waals surface area contributed by atoms with E-state index in [1.165, 1.54) is 50.9 Å². The molecule has 212 valence electrons. The highest BCUT2D eigenvalue weighted by Gasteiger charge is 2.22. The summed E-state index contributed by atoms with van der Waals surface area (Å²) < 4.78 is 0. The average molecular weight is 526 g/mol. The highest BCUT2D eigenvalue weighted by molar-refractivity contribution is 5.66. The van der Waals surface area contributed by atoms with Crippen molar-refractivity contribution in [3.8, 4) is 0 Å². The summed E-state index contributed by atoms with van der Waals surface area (Å²) in [6.45, 7) is 27.7. The van der Waals surface area contributed by atoms with Crippen molar-refractivity contribution >= 4 is 5.57 Å². The summed E-state index contributed by atoms with van der Waals surface area (Å²) in [4.78, 5) is 0. The van der Waals surface area contributed by atoms with Gasteiger partial charge in [0.2, 0.25) is 0 Å². The number of rotatable bonds is 8. The Morgan fingerprint density at radius 3 is 2.26 bits per heavy atom. The average Bonchev–Trinajstić information content (AvgIpc) is 3.31. The molecule has 0 amide bonds. The van der Waals surface area contributed by atoms with Gasteiger partial charge >= 0.3 is 0 Å². The Labute approximate surface area is 241 Å². The van der Waals surface area contributed by atoms with Crippen LogP contribution in [0, 0.1) is 13.8 Å². The first-order chi connectivity index (χ1) is 18.5. The zero-order valence-electron chi connectivity index (χ0n) is 26.7. The normalized spacial score (nSPS) is 13.8. The fraction of sp³-hybridized carbons (Fsp3) is 0.421. The number of benzene rings is 2. The van der Waals surface area contributed by atoms with Gasteiger partial charge in [0, 0.05) is 7.05 Å². The summed E-state index contributed by atoms with van der Waals surface area (Å²) in [5.74, 6) is 0.566. The molecule has 2 aromatic rings. The van der Waals surface area contributed by atoms with Crippen molar-refractivity contribution in [3.63, 3.8) is 0 Å². The number of aryl methyl sites for hydroxylation is 1. The van der Waals surface area contributed by atoms with Crippen LogP contribution >= 0.6 is 0 Å². The summed E-state index contributed by atoms with van der Waals surface area (Å²) in [5.41, 5.74) is 15.6. The van der Waals surface area contributed by atoms with Crippen LogP contribution in [0.15, 0.2) is 84.6 Å². The minimum Gasteiger partial charge on any atom is -0.394 e. The van der Waals surface area contributed by atoms with E-state index in [0.29, 0.717) is 5.92 Å². The van der Waals surface area contributed by atoms with Gasteiger partial charge in [-0.05, 0) is 116 Å². The van der Waals surface area contributed by atoms with E-state index in [-0.39, 0.29) is 0 Å². The van der Waals surface area contributed by atoms with E-state index in [4.69, 9.17) is 0 Å². The number of allylic oxidation sites excluding steroid dienone is 7. The quantitative estimate of drug-likeness (QED) is 0.338. The largest absolute Gasteiger partial charge is 0.394 e. The van der Waals surface area contributed by atoms with E-state index in [1.807, 2.05) is 25.4 Å². The third-order valence-electron chi connectivity index (χ3n) is 7.20. The molecule has 0 saturated heterocycles. The van der Waals surface area contributed by atoms with E-state index in [9.17, 15) is 0 Å². The molecule has 0 unspecified atom stereocenters. The van der Waals surface area contributed by atoms with Crippen molar-refractivity contribution in [2.24, 2.45) is 0 Å². The highest BCUT2D eigenvalue weighted by Crippen LogP contribution is 2.37. The molecule has 0 atom stereocenters. The Bertz CT molecular complexity index is 1180. The lowest BCUT2D eigenvalue weighted by atomic mass is 9.90. The van der Waals surface area contributed by atoms with E-state index in [0.717, 1.165) is 31.3 Å². The lowest BCUT2D eigenvalue weighted by molar-refractivity contribution is 0.850. The van der Waals surface area contributed by atoms with E-state index < -0.39 is 0 Å². The maximum absolute atomic E-state index is 4.11. The Balaban J connectivity index is 0.000000362. The number of nitrogens with one attached hydrogen (secondary N) is 1. The molecular formula is C38H55N. The molecule has 3 rings (SSSR count). The van der Waals surface area contributed by atoms with Crippen LogP contribution in [0.5, 0.6) is 0 Å². The molecule has 1 aliphatic rings. The fourth-order valence-corrected chi connectivity index (χ4v) is 4.83. The van der Waals surface area contributed by atoms with Gasteiger partial charge in [0.1, 0.15) is 0 Å². The zero-order chi connectivity index (χ0) is 29.5. The molecule has 0 heterocycles. The molecule has 1 N–H and O–H groups in total. The minimum atomic E-state index is 0.566. The smallest absolute Gasteiger partial charge is 0.00277 e. The molecule has 1 nitrogen and oxygen atoms in total. The Kier molecular flexibility index (Phi) is 15.3. The summed E-state index contributed by atoms with van der Waals surface area (Å²) in [7, 11) is 1.91. The SMILES string of the molecule is C=C/C(CC)=C1/Cc2cc(C(=C)C)cc(C(C)C)c2C1.CCC.CN/C=C\C=C(/C)Cc1cccc(C)c1C. The molecule has 0 saturated carbocycles. The van der Waals surface area contributed by atoms with Crippen molar-refractivity contribution in [2.45, 2.75) is 100 Å². The van der Waals surface area contributed by atoms with Gasteiger partial charge in [0.25, 0.3) is 0 Å². The van der Waals surface area contributed by atoms with Gasteiger partial charge in [-0.15, -0.1) is 0 Å². The van der Waals surface area contributed by atoms with E-state index >= 15 is 0 Å². The molecular weight excluding hydrogens is 470 g/mol. The predicted octanol–water partition coefficient (Wildman–Crippen LogP) is 10.8. The molecule has 0 bridgehead atoms. The van der Waals surface area contributed by atoms with Gasteiger partial charge in [-0.25, -0.2) is 0 Å². The molecule has 0 aliphatic heterocycles. The predicted molar refractivity (Wildman–Crippen MR) is 178 cm³/mol. The van der Waals surface area contributed by atoms with Crippen molar-refractivity contribution in [3.05, 3.63) is 124 Å².